The zero-order valence-corrected chi connectivity index (χ0v) is 17.4. The van der Waals surface area contributed by atoms with Crippen LogP contribution in [0.1, 0.15) is 31.9 Å². The zero-order chi connectivity index (χ0) is 21.4. The maximum Gasteiger partial charge on any atom is 0.242 e. The fraction of sp³-hybridized carbons (Fsp3) is 0.391. The Balaban J connectivity index is 1.98. The molecule has 2 amide bonds. The summed E-state index contributed by atoms with van der Waals surface area (Å²) in [5.74, 6) is -0.124. The number of rotatable bonds is 9. The lowest BCUT2D eigenvalue weighted by molar-refractivity contribution is -0.143. The molecule has 1 atom stereocenters. The van der Waals surface area contributed by atoms with Crippen molar-refractivity contribution in [1.29, 1.82) is 0 Å². The first kappa shape index (κ1) is 22.4. The van der Waals surface area contributed by atoms with E-state index in [1.807, 2.05) is 24.3 Å². The SMILES string of the molecule is COc1ccc(CCNC(=O)C(C)N(Cc2ccc(F)cc2)C(=O)C(C)C)cc1. The van der Waals surface area contributed by atoms with Gasteiger partial charge < -0.3 is 15.0 Å². The van der Waals surface area contributed by atoms with Crippen molar-refractivity contribution in [2.75, 3.05) is 13.7 Å². The minimum Gasteiger partial charge on any atom is -0.497 e. The van der Waals surface area contributed by atoms with Gasteiger partial charge in [0.15, 0.2) is 0 Å². The summed E-state index contributed by atoms with van der Waals surface area (Å²) in [6.45, 7) is 6.04. The highest BCUT2D eigenvalue weighted by atomic mass is 19.1. The van der Waals surface area contributed by atoms with Crippen LogP contribution in [0, 0.1) is 11.7 Å². The van der Waals surface area contributed by atoms with Crippen molar-refractivity contribution in [3.05, 3.63) is 65.5 Å². The van der Waals surface area contributed by atoms with Gasteiger partial charge in [0.05, 0.1) is 7.11 Å². The molecule has 0 aromatic heterocycles. The number of hydrogen-bond acceptors (Lipinski definition) is 3. The van der Waals surface area contributed by atoms with Crippen molar-refractivity contribution in [3.8, 4) is 5.75 Å². The maximum atomic E-state index is 13.2. The van der Waals surface area contributed by atoms with E-state index in [9.17, 15) is 14.0 Å². The molecule has 0 bridgehead atoms. The first-order valence-electron chi connectivity index (χ1n) is 9.77. The van der Waals surface area contributed by atoms with Crippen LogP contribution >= 0.6 is 0 Å². The number of nitrogens with one attached hydrogen (secondary N) is 1. The molecule has 0 spiro atoms. The van der Waals surface area contributed by atoms with Crippen molar-refractivity contribution in [2.24, 2.45) is 5.92 Å². The molecule has 0 aliphatic rings. The van der Waals surface area contributed by atoms with Crippen LogP contribution < -0.4 is 10.1 Å². The monoisotopic (exact) mass is 400 g/mol. The first-order chi connectivity index (χ1) is 13.8. The van der Waals surface area contributed by atoms with E-state index in [-0.39, 0.29) is 30.1 Å². The van der Waals surface area contributed by atoms with Crippen molar-refractivity contribution >= 4 is 11.8 Å². The third-order valence-electron chi connectivity index (χ3n) is 4.76. The number of nitrogens with zero attached hydrogens (tertiary/aromatic N) is 1. The molecule has 5 nitrogen and oxygen atoms in total. The van der Waals surface area contributed by atoms with Crippen molar-refractivity contribution in [1.82, 2.24) is 10.2 Å². The van der Waals surface area contributed by atoms with Crippen LogP contribution in [0.15, 0.2) is 48.5 Å². The van der Waals surface area contributed by atoms with Gasteiger partial charge in [0.1, 0.15) is 17.6 Å². The fourth-order valence-corrected chi connectivity index (χ4v) is 2.94. The molecule has 0 radical (unpaired) electrons. The van der Waals surface area contributed by atoms with Crippen LogP contribution in [0.25, 0.3) is 0 Å². The van der Waals surface area contributed by atoms with E-state index in [1.165, 1.54) is 12.1 Å². The molecule has 29 heavy (non-hydrogen) atoms. The quantitative estimate of drug-likeness (QED) is 0.700. The second kappa shape index (κ2) is 10.6. The van der Waals surface area contributed by atoms with E-state index < -0.39 is 6.04 Å². The fourth-order valence-electron chi connectivity index (χ4n) is 2.94. The highest BCUT2D eigenvalue weighted by Gasteiger charge is 2.27. The zero-order valence-electron chi connectivity index (χ0n) is 17.4. The van der Waals surface area contributed by atoms with Gasteiger partial charge in [0.2, 0.25) is 11.8 Å². The molecule has 2 rings (SSSR count). The third kappa shape index (κ3) is 6.59. The summed E-state index contributed by atoms with van der Waals surface area (Å²) in [6, 6.07) is 13.0. The van der Waals surface area contributed by atoms with Gasteiger partial charge in [-0.25, -0.2) is 4.39 Å². The molecule has 6 heteroatoms. The minimum atomic E-state index is -0.633. The molecule has 0 saturated heterocycles. The molecule has 0 aliphatic heterocycles. The third-order valence-corrected chi connectivity index (χ3v) is 4.76. The van der Waals surface area contributed by atoms with Gasteiger partial charge >= 0.3 is 0 Å². The normalized spacial score (nSPS) is 11.8. The van der Waals surface area contributed by atoms with E-state index in [0.717, 1.165) is 16.9 Å². The lowest BCUT2D eigenvalue weighted by atomic mass is 10.1. The Labute approximate surface area is 171 Å². The molecule has 0 fully saturated rings. The van der Waals surface area contributed by atoms with Crippen LogP contribution in [0.5, 0.6) is 5.75 Å². The summed E-state index contributed by atoms with van der Waals surface area (Å²) in [4.78, 5) is 26.9. The Morgan fingerprint density at radius 2 is 1.59 bits per heavy atom. The predicted octanol–water partition coefficient (Wildman–Crippen LogP) is 3.57. The number of amides is 2. The summed E-state index contributed by atoms with van der Waals surface area (Å²) < 4.78 is 18.3. The Bertz CT molecular complexity index is 804. The summed E-state index contributed by atoms with van der Waals surface area (Å²) in [5.41, 5.74) is 1.86. The molecular formula is C23H29FN2O3. The molecule has 0 saturated carbocycles. The van der Waals surface area contributed by atoms with E-state index in [0.29, 0.717) is 13.0 Å². The van der Waals surface area contributed by atoms with Gasteiger partial charge in [-0.05, 0) is 48.7 Å². The largest absolute Gasteiger partial charge is 0.497 e. The smallest absolute Gasteiger partial charge is 0.242 e. The number of ether oxygens (including phenoxy) is 1. The van der Waals surface area contributed by atoms with E-state index in [2.05, 4.69) is 5.32 Å². The van der Waals surface area contributed by atoms with Crippen LogP contribution in [-0.2, 0) is 22.6 Å². The predicted molar refractivity (Wildman–Crippen MR) is 111 cm³/mol. The van der Waals surface area contributed by atoms with Gasteiger partial charge in [0, 0.05) is 19.0 Å². The van der Waals surface area contributed by atoms with Crippen LogP contribution in [0.3, 0.4) is 0 Å². The summed E-state index contributed by atoms with van der Waals surface area (Å²) in [5, 5.41) is 2.90. The van der Waals surface area contributed by atoms with Crippen molar-refractivity contribution in [2.45, 2.75) is 39.8 Å². The van der Waals surface area contributed by atoms with Gasteiger partial charge in [0.25, 0.3) is 0 Å². The number of halogens is 1. The topological polar surface area (TPSA) is 58.6 Å². The highest BCUT2D eigenvalue weighted by molar-refractivity contribution is 5.88. The van der Waals surface area contributed by atoms with Crippen LogP contribution in [0.2, 0.25) is 0 Å². The Morgan fingerprint density at radius 3 is 2.14 bits per heavy atom. The number of hydrogen-bond donors (Lipinski definition) is 1. The lowest BCUT2D eigenvalue weighted by Crippen LogP contribution is -2.49. The van der Waals surface area contributed by atoms with Gasteiger partial charge in [-0.2, -0.15) is 0 Å². The van der Waals surface area contributed by atoms with Gasteiger partial charge in [-0.1, -0.05) is 38.1 Å². The number of methoxy groups -OCH3 is 1. The average molecular weight is 400 g/mol. The van der Waals surface area contributed by atoms with E-state index in [4.69, 9.17) is 4.74 Å². The Hall–Kier alpha value is -2.89. The molecule has 2 aromatic rings. The van der Waals surface area contributed by atoms with E-state index >= 15 is 0 Å². The number of benzene rings is 2. The first-order valence-corrected chi connectivity index (χ1v) is 9.77. The highest BCUT2D eigenvalue weighted by Crippen LogP contribution is 2.14. The number of carbonyl (C=O) groups excluding carboxylic acids is 2. The maximum absolute atomic E-state index is 13.2. The average Bonchev–Trinajstić information content (AvgIpc) is 2.72. The Morgan fingerprint density at radius 1 is 1.00 bits per heavy atom. The second-order valence-electron chi connectivity index (χ2n) is 7.31. The van der Waals surface area contributed by atoms with Gasteiger partial charge in [-0.15, -0.1) is 0 Å². The molecule has 156 valence electrons. The summed E-state index contributed by atoms with van der Waals surface area (Å²) in [6.07, 6.45) is 0.679. The molecule has 2 aromatic carbocycles. The summed E-state index contributed by atoms with van der Waals surface area (Å²) >= 11 is 0. The number of carbonyl (C=O) groups is 2. The standard InChI is InChI=1S/C23H29FN2O3/c1-16(2)23(28)26(15-19-5-9-20(24)10-6-19)17(3)22(27)25-14-13-18-7-11-21(29-4)12-8-18/h5-12,16-17H,13-15H2,1-4H3,(H,25,27). The summed E-state index contributed by atoms with van der Waals surface area (Å²) in [7, 11) is 1.62. The molecule has 0 aliphatic carbocycles. The molecule has 1 N–H and O–H groups in total. The van der Waals surface area contributed by atoms with Gasteiger partial charge in [-0.3, -0.25) is 9.59 Å². The Kier molecular flexibility index (Phi) is 8.19. The minimum absolute atomic E-state index is 0.118. The molecular weight excluding hydrogens is 371 g/mol. The van der Waals surface area contributed by atoms with Crippen LogP contribution in [-0.4, -0.2) is 36.4 Å². The van der Waals surface area contributed by atoms with E-state index in [1.54, 1.807) is 44.9 Å². The second-order valence-corrected chi connectivity index (χ2v) is 7.31. The van der Waals surface area contributed by atoms with Crippen LogP contribution in [0.4, 0.5) is 4.39 Å². The van der Waals surface area contributed by atoms with Crippen molar-refractivity contribution < 1.29 is 18.7 Å². The van der Waals surface area contributed by atoms with Crippen molar-refractivity contribution in [3.63, 3.8) is 0 Å². The lowest BCUT2D eigenvalue weighted by Gasteiger charge is -2.30. The molecule has 1 unspecified atom stereocenters. The molecule has 0 heterocycles.